The zero-order chi connectivity index (χ0) is 22.7. The van der Waals surface area contributed by atoms with Crippen molar-refractivity contribution in [3.05, 3.63) is 70.2 Å². The average molecular weight is 432 g/mol. The van der Waals surface area contributed by atoms with Crippen LogP contribution < -0.4 is 5.69 Å². The molecule has 1 unspecified atom stereocenters. The lowest BCUT2D eigenvalue weighted by atomic mass is 10.0. The van der Waals surface area contributed by atoms with E-state index in [1.807, 2.05) is 51.7 Å². The van der Waals surface area contributed by atoms with Gasteiger partial charge in [0, 0.05) is 34.8 Å². The number of nitrogens with zero attached hydrogens (tertiary/aromatic N) is 6. The van der Waals surface area contributed by atoms with Crippen LogP contribution in [0.3, 0.4) is 0 Å². The number of imidazole rings is 1. The lowest BCUT2D eigenvalue weighted by Crippen LogP contribution is -2.28. The van der Waals surface area contributed by atoms with Crippen LogP contribution in [0.25, 0.3) is 22.5 Å². The summed E-state index contributed by atoms with van der Waals surface area (Å²) >= 11 is 0. The second kappa shape index (κ2) is 9.30. The fraction of sp³-hybridized carbons (Fsp3) is 0.375. The lowest BCUT2D eigenvalue weighted by molar-refractivity contribution is 0.495. The van der Waals surface area contributed by atoms with Gasteiger partial charge in [0.25, 0.3) is 0 Å². The third-order valence-electron chi connectivity index (χ3n) is 6.04. The third kappa shape index (κ3) is 4.00. The van der Waals surface area contributed by atoms with E-state index in [1.165, 1.54) is 0 Å². The van der Waals surface area contributed by atoms with Gasteiger partial charge in [-0.1, -0.05) is 50.6 Å². The van der Waals surface area contributed by atoms with Gasteiger partial charge in [-0.3, -0.25) is 14.1 Å². The van der Waals surface area contributed by atoms with Gasteiger partial charge < -0.3 is 0 Å². The number of hydrogen-bond donors (Lipinski definition) is 1. The van der Waals surface area contributed by atoms with Crippen LogP contribution in [0.15, 0.2) is 47.4 Å². The smallest absolute Gasteiger partial charge is 0.294 e. The van der Waals surface area contributed by atoms with E-state index in [1.54, 1.807) is 0 Å². The van der Waals surface area contributed by atoms with E-state index in [4.69, 9.17) is 0 Å². The van der Waals surface area contributed by atoms with E-state index in [-0.39, 0.29) is 11.7 Å². The molecule has 0 bridgehead atoms. The molecule has 0 amide bonds. The van der Waals surface area contributed by atoms with Gasteiger partial charge in [-0.25, -0.2) is 9.89 Å². The lowest BCUT2D eigenvalue weighted by Gasteiger charge is -2.11. The number of tetrazole rings is 1. The molecule has 1 aromatic carbocycles. The summed E-state index contributed by atoms with van der Waals surface area (Å²) in [7, 11) is 0. The molecule has 32 heavy (non-hydrogen) atoms. The fourth-order valence-electron chi connectivity index (χ4n) is 4.19. The third-order valence-corrected chi connectivity index (χ3v) is 6.04. The Hall–Kier alpha value is -3.55. The maximum absolute atomic E-state index is 13.2. The Morgan fingerprint density at radius 1 is 1.09 bits per heavy atom. The zero-order valence-electron chi connectivity index (χ0n) is 19.0. The first-order chi connectivity index (χ1) is 15.5. The Balaban J connectivity index is 1.67. The van der Waals surface area contributed by atoms with Crippen LogP contribution >= 0.6 is 0 Å². The summed E-state index contributed by atoms with van der Waals surface area (Å²) in [4.78, 5) is 17.9. The average Bonchev–Trinajstić information content (AvgIpc) is 3.43. The quantitative estimate of drug-likeness (QED) is 0.452. The van der Waals surface area contributed by atoms with Gasteiger partial charge in [0.05, 0.1) is 12.2 Å². The molecule has 1 atom stereocenters. The summed E-state index contributed by atoms with van der Waals surface area (Å²) in [5.74, 6) is 0.613. The number of benzene rings is 1. The van der Waals surface area contributed by atoms with Crippen LogP contribution in [0.2, 0.25) is 0 Å². The molecule has 4 rings (SSSR count). The molecule has 8 nitrogen and oxygen atoms in total. The summed E-state index contributed by atoms with van der Waals surface area (Å²) in [6.45, 7) is 8.88. The molecule has 4 aromatic rings. The number of H-pyrrole nitrogens is 1. The Bertz CT molecular complexity index is 1240. The van der Waals surface area contributed by atoms with Gasteiger partial charge >= 0.3 is 5.69 Å². The maximum Gasteiger partial charge on any atom is 0.329 e. The highest BCUT2D eigenvalue weighted by atomic mass is 16.1. The van der Waals surface area contributed by atoms with Crippen molar-refractivity contribution >= 4 is 0 Å². The van der Waals surface area contributed by atoms with Crippen LogP contribution in [0, 0.1) is 6.92 Å². The van der Waals surface area contributed by atoms with Gasteiger partial charge in [-0.15, -0.1) is 5.10 Å². The van der Waals surface area contributed by atoms with Crippen LogP contribution in [0.1, 0.15) is 56.7 Å². The van der Waals surface area contributed by atoms with Crippen LogP contribution in [0.5, 0.6) is 0 Å². The molecule has 166 valence electrons. The van der Waals surface area contributed by atoms with Crippen molar-refractivity contribution in [3.63, 3.8) is 0 Å². The molecule has 0 fully saturated rings. The Kier molecular flexibility index (Phi) is 6.30. The SMILES string of the molecule is CCCc1c(C)n(C(C)CC)c(=O)n1Cc1ccc(-c2ccccc2-c2nnn[nH]2)cn1. The molecular weight excluding hydrogens is 402 g/mol. The molecule has 8 heteroatoms. The van der Waals surface area contributed by atoms with Gasteiger partial charge in [0.2, 0.25) is 0 Å². The number of pyridine rings is 1. The van der Waals surface area contributed by atoms with Crippen LogP contribution in [-0.2, 0) is 13.0 Å². The molecule has 0 spiro atoms. The molecule has 0 aliphatic rings. The molecule has 3 heterocycles. The Labute approximate surface area is 187 Å². The highest BCUT2D eigenvalue weighted by Gasteiger charge is 2.19. The van der Waals surface area contributed by atoms with Crippen LogP contribution in [-0.4, -0.2) is 34.7 Å². The van der Waals surface area contributed by atoms with E-state index < -0.39 is 0 Å². The second-order valence-electron chi connectivity index (χ2n) is 8.11. The van der Waals surface area contributed by atoms with Gasteiger partial charge in [-0.2, -0.15) is 0 Å². The van der Waals surface area contributed by atoms with E-state index >= 15 is 0 Å². The van der Waals surface area contributed by atoms with Crippen molar-refractivity contribution in [2.75, 3.05) is 0 Å². The molecule has 0 radical (unpaired) electrons. The molecule has 0 aliphatic carbocycles. The number of aromatic amines is 1. The van der Waals surface area contributed by atoms with E-state index in [0.29, 0.717) is 12.4 Å². The number of aromatic nitrogens is 7. The molecule has 0 aliphatic heterocycles. The van der Waals surface area contributed by atoms with Gasteiger partial charge in [0.15, 0.2) is 5.82 Å². The van der Waals surface area contributed by atoms with Crippen molar-refractivity contribution in [2.24, 2.45) is 0 Å². The largest absolute Gasteiger partial charge is 0.329 e. The maximum atomic E-state index is 13.2. The molecular formula is C24H29N7O. The predicted octanol–water partition coefficient (Wildman–Crippen LogP) is 4.17. The number of nitrogens with one attached hydrogen (secondary N) is 1. The highest BCUT2D eigenvalue weighted by molar-refractivity contribution is 5.79. The number of hydrogen-bond acceptors (Lipinski definition) is 5. The molecule has 1 N–H and O–H groups in total. The van der Waals surface area contributed by atoms with E-state index in [2.05, 4.69) is 53.3 Å². The second-order valence-corrected chi connectivity index (χ2v) is 8.11. The summed E-state index contributed by atoms with van der Waals surface area (Å²) < 4.78 is 3.82. The topological polar surface area (TPSA) is 94.3 Å². The van der Waals surface area contributed by atoms with Crippen LogP contribution in [0.4, 0.5) is 0 Å². The minimum Gasteiger partial charge on any atom is -0.294 e. The summed E-state index contributed by atoms with van der Waals surface area (Å²) in [5, 5.41) is 14.2. The first-order valence-electron chi connectivity index (χ1n) is 11.1. The Morgan fingerprint density at radius 2 is 1.88 bits per heavy atom. The molecule has 0 saturated heterocycles. The minimum atomic E-state index is 0.0503. The minimum absolute atomic E-state index is 0.0503. The van der Waals surface area contributed by atoms with Crippen molar-refractivity contribution < 1.29 is 0 Å². The summed E-state index contributed by atoms with van der Waals surface area (Å²) in [6.07, 6.45) is 4.63. The molecule has 3 aromatic heterocycles. The van der Waals surface area contributed by atoms with Crippen molar-refractivity contribution in [2.45, 2.75) is 59.5 Å². The predicted molar refractivity (Wildman–Crippen MR) is 124 cm³/mol. The summed E-state index contributed by atoms with van der Waals surface area (Å²) in [5.41, 5.74) is 5.95. The van der Waals surface area contributed by atoms with Gasteiger partial charge in [0.1, 0.15) is 0 Å². The first kappa shape index (κ1) is 21.7. The highest BCUT2D eigenvalue weighted by Crippen LogP contribution is 2.29. The first-order valence-corrected chi connectivity index (χ1v) is 11.1. The zero-order valence-corrected chi connectivity index (χ0v) is 19.0. The number of rotatable bonds is 8. The summed E-state index contributed by atoms with van der Waals surface area (Å²) in [6, 6.07) is 12.1. The van der Waals surface area contributed by atoms with Crippen molar-refractivity contribution in [3.8, 4) is 22.5 Å². The van der Waals surface area contributed by atoms with E-state index in [0.717, 1.165) is 53.0 Å². The van der Waals surface area contributed by atoms with Gasteiger partial charge in [-0.05, 0) is 48.7 Å². The molecule has 0 saturated carbocycles. The van der Waals surface area contributed by atoms with Crippen molar-refractivity contribution in [1.29, 1.82) is 0 Å². The standard InChI is InChI=1S/C24H29N7O/c1-5-9-22-17(4)31(16(3)6-2)24(32)30(22)15-19-13-12-18(14-25-19)20-10-7-8-11-21(20)23-26-28-29-27-23/h7-8,10-14,16H,5-6,9,15H2,1-4H3,(H,26,27,28,29). The fourth-order valence-corrected chi connectivity index (χ4v) is 4.19. The Morgan fingerprint density at radius 3 is 2.50 bits per heavy atom. The monoisotopic (exact) mass is 431 g/mol. The van der Waals surface area contributed by atoms with Crippen molar-refractivity contribution in [1.82, 2.24) is 34.7 Å². The van der Waals surface area contributed by atoms with E-state index in [9.17, 15) is 4.79 Å². The normalized spacial score (nSPS) is 12.2.